The molecule has 2 N–H and O–H groups in total. The van der Waals surface area contributed by atoms with Gasteiger partial charge in [-0.15, -0.1) is 0 Å². The molecular weight excluding hydrogens is 473 g/mol. The maximum atomic E-state index is 13.4. The normalized spacial score (nSPS) is 23.1. The molecule has 8 nitrogen and oxygen atoms in total. The number of hydrogen-bond donors (Lipinski definition) is 1. The predicted octanol–water partition coefficient (Wildman–Crippen LogP) is 4.03. The third kappa shape index (κ3) is 4.00. The Balaban J connectivity index is 1.32. The van der Waals surface area contributed by atoms with Gasteiger partial charge in [-0.25, -0.2) is 9.97 Å². The van der Waals surface area contributed by atoms with Crippen molar-refractivity contribution in [3.63, 3.8) is 0 Å². The second kappa shape index (κ2) is 8.45. The minimum absolute atomic E-state index is 0.163. The van der Waals surface area contributed by atoms with Crippen LogP contribution in [0.15, 0.2) is 36.5 Å². The Kier molecular flexibility index (Phi) is 5.45. The van der Waals surface area contributed by atoms with Gasteiger partial charge in [-0.3, -0.25) is 9.58 Å². The molecule has 2 unspecified atom stereocenters. The van der Waals surface area contributed by atoms with Crippen molar-refractivity contribution in [3.05, 3.63) is 53.5 Å². The lowest BCUT2D eigenvalue weighted by atomic mass is 9.96. The first-order valence-electron chi connectivity index (χ1n) is 12.1. The van der Waals surface area contributed by atoms with Gasteiger partial charge in [-0.05, 0) is 43.4 Å². The summed E-state index contributed by atoms with van der Waals surface area (Å²) >= 11 is 0. The first-order valence-corrected chi connectivity index (χ1v) is 12.1. The highest BCUT2D eigenvalue weighted by Gasteiger charge is 2.50. The van der Waals surface area contributed by atoms with Crippen LogP contribution in [0.25, 0.3) is 11.3 Å². The quantitative estimate of drug-likeness (QED) is 0.566. The molecule has 6 rings (SSSR count). The average molecular weight is 501 g/mol. The highest BCUT2D eigenvalue weighted by molar-refractivity contribution is 5.63. The van der Waals surface area contributed by atoms with Gasteiger partial charge in [0, 0.05) is 30.9 Å². The fourth-order valence-corrected chi connectivity index (χ4v) is 5.56. The molecule has 0 amide bonds. The van der Waals surface area contributed by atoms with Gasteiger partial charge in [0.15, 0.2) is 0 Å². The third-order valence-corrected chi connectivity index (χ3v) is 7.43. The van der Waals surface area contributed by atoms with Gasteiger partial charge in [0.1, 0.15) is 11.4 Å². The van der Waals surface area contributed by atoms with E-state index in [-0.39, 0.29) is 11.6 Å². The van der Waals surface area contributed by atoms with Crippen LogP contribution in [0, 0.1) is 5.92 Å². The van der Waals surface area contributed by atoms with Gasteiger partial charge in [0.25, 0.3) is 0 Å². The molecule has 36 heavy (non-hydrogen) atoms. The zero-order chi connectivity index (χ0) is 25.1. The van der Waals surface area contributed by atoms with Gasteiger partial charge in [0.05, 0.1) is 48.9 Å². The fourth-order valence-electron chi connectivity index (χ4n) is 5.56. The zero-order valence-electron chi connectivity index (χ0n) is 19.8. The first-order chi connectivity index (χ1) is 17.3. The van der Waals surface area contributed by atoms with Crippen molar-refractivity contribution >= 4 is 5.82 Å². The summed E-state index contributed by atoms with van der Waals surface area (Å²) in [5, 5.41) is 4.63. The van der Waals surface area contributed by atoms with Crippen LogP contribution in [0.5, 0.6) is 5.88 Å². The molecule has 11 heteroatoms. The molecule has 1 aliphatic carbocycles. The SMILES string of the molecule is COc1cccc(C(C2CC2)N2CCC3(C2)OCCn2nc(-c4cnc(N)c(C(F)(F)F)c4)cc23)n1. The monoisotopic (exact) mass is 500 g/mol. The Bertz CT molecular complexity index is 1290. The van der Waals surface area contributed by atoms with Crippen LogP contribution in [0.1, 0.15) is 42.3 Å². The van der Waals surface area contributed by atoms with Gasteiger partial charge in [-0.2, -0.15) is 18.3 Å². The molecule has 190 valence electrons. The van der Waals surface area contributed by atoms with Crippen LogP contribution in [0.4, 0.5) is 19.0 Å². The lowest BCUT2D eigenvalue weighted by Gasteiger charge is -2.35. The molecule has 1 saturated heterocycles. The second-order valence-corrected chi connectivity index (χ2v) is 9.74. The lowest BCUT2D eigenvalue weighted by Crippen LogP contribution is -2.41. The number of ether oxygens (including phenoxy) is 2. The number of methoxy groups -OCH3 is 1. The summed E-state index contributed by atoms with van der Waals surface area (Å²) in [5.41, 5.74) is 6.53. The number of alkyl halides is 3. The van der Waals surface area contributed by atoms with Gasteiger partial charge < -0.3 is 15.2 Å². The van der Waals surface area contributed by atoms with E-state index in [1.807, 2.05) is 28.9 Å². The summed E-state index contributed by atoms with van der Waals surface area (Å²) < 4.78 is 53.8. The molecule has 1 saturated carbocycles. The molecule has 3 aliphatic rings. The van der Waals surface area contributed by atoms with Crippen LogP contribution in [0.2, 0.25) is 0 Å². The number of nitrogen functional groups attached to an aromatic ring is 1. The summed E-state index contributed by atoms with van der Waals surface area (Å²) in [4.78, 5) is 10.9. The van der Waals surface area contributed by atoms with E-state index in [9.17, 15) is 13.2 Å². The lowest BCUT2D eigenvalue weighted by molar-refractivity contribution is -0.137. The van der Waals surface area contributed by atoms with Crippen molar-refractivity contribution in [2.75, 3.05) is 32.5 Å². The van der Waals surface area contributed by atoms with E-state index >= 15 is 0 Å². The highest BCUT2D eigenvalue weighted by Crippen LogP contribution is 2.49. The summed E-state index contributed by atoms with van der Waals surface area (Å²) in [6.45, 7) is 2.50. The van der Waals surface area contributed by atoms with Crippen molar-refractivity contribution in [2.24, 2.45) is 5.92 Å². The minimum Gasteiger partial charge on any atom is -0.481 e. The number of nitrogens with two attached hydrogens (primary N) is 1. The summed E-state index contributed by atoms with van der Waals surface area (Å²) in [7, 11) is 1.62. The summed E-state index contributed by atoms with van der Waals surface area (Å²) in [5.74, 6) is 0.586. The maximum absolute atomic E-state index is 13.4. The molecule has 1 spiro atoms. The summed E-state index contributed by atoms with van der Waals surface area (Å²) in [6.07, 6.45) is -0.178. The van der Waals surface area contributed by atoms with E-state index in [0.717, 1.165) is 43.3 Å². The van der Waals surface area contributed by atoms with Crippen molar-refractivity contribution in [1.82, 2.24) is 24.6 Å². The molecule has 0 aromatic carbocycles. The van der Waals surface area contributed by atoms with Gasteiger partial charge in [-0.1, -0.05) is 6.07 Å². The number of nitrogens with zero attached hydrogens (tertiary/aromatic N) is 5. The molecule has 0 radical (unpaired) electrons. The number of halogens is 3. The van der Waals surface area contributed by atoms with Crippen molar-refractivity contribution in [3.8, 4) is 17.1 Å². The van der Waals surface area contributed by atoms with Crippen molar-refractivity contribution in [2.45, 2.75) is 43.6 Å². The Morgan fingerprint density at radius 2 is 2.06 bits per heavy atom. The van der Waals surface area contributed by atoms with E-state index in [4.69, 9.17) is 20.2 Å². The molecule has 2 aliphatic heterocycles. The smallest absolute Gasteiger partial charge is 0.419 e. The largest absolute Gasteiger partial charge is 0.481 e. The number of rotatable bonds is 5. The number of aromatic nitrogens is 4. The van der Waals surface area contributed by atoms with Crippen LogP contribution < -0.4 is 10.5 Å². The summed E-state index contributed by atoms with van der Waals surface area (Å²) in [6, 6.07) is 8.88. The number of pyridine rings is 2. The zero-order valence-corrected chi connectivity index (χ0v) is 19.8. The molecule has 2 fully saturated rings. The van der Waals surface area contributed by atoms with Crippen LogP contribution in [0.3, 0.4) is 0 Å². The molecule has 3 aromatic rings. The van der Waals surface area contributed by atoms with Gasteiger partial charge >= 0.3 is 6.18 Å². The number of hydrogen-bond acceptors (Lipinski definition) is 7. The second-order valence-electron chi connectivity index (χ2n) is 9.74. The van der Waals surface area contributed by atoms with E-state index in [1.54, 1.807) is 7.11 Å². The minimum atomic E-state index is -4.59. The van der Waals surface area contributed by atoms with Crippen LogP contribution in [-0.2, 0) is 23.1 Å². The Labute approximate surface area is 206 Å². The molecule has 5 heterocycles. The Hall–Kier alpha value is -3.18. The Morgan fingerprint density at radius 3 is 2.81 bits per heavy atom. The Morgan fingerprint density at radius 1 is 1.22 bits per heavy atom. The standard InChI is InChI=1S/C25H27F3N6O2/c1-35-21-4-2-3-18(31-21)22(15-5-6-15)33-8-7-24(14-33)20-12-19(32-34(20)9-10-36-24)16-11-17(25(26,27)28)23(29)30-13-16/h2-4,11-13,15,22H,5-10,14H2,1H3,(H2,29,30). The number of fused-ring (bicyclic) bond motifs is 2. The number of anilines is 1. The number of likely N-dealkylation sites (tertiary alicyclic amines) is 1. The van der Waals surface area contributed by atoms with Crippen molar-refractivity contribution in [1.29, 1.82) is 0 Å². The first kappa shape index (κ1) is 23.2. The molecular formula is C25H27F3N6O2. The third-order valence-electron chi connectivity index (χ3n) is 7.43. The van der Waals surface area contributed by atoms with Gasteiger partial charge in [0.2, 0.25) is 5.88 Å². The van der Waals surface area contributed by atoms with E-state index < -0.39 is 23.2 Å². The van der Waals surface area contributed by atoms with Crippen molar-refractivity contribution < 1.29 is 22.6 Å². The molecule has 2 atom stereocenters. The highest BCUT2D eigenvalue weighted by atomic mass is 19.4. The topological polar surface area (TPSA) is 91.3 Å². The van der Waals surface area contributed by atoms with Crippen LogP contribution in [-0.4, -0.2) is 51.5 Å². The average Bonchev–Trinajstić information content (AvgIpc) is 3.44. The fraction of sp³-hybridized carbons (Fsp3) is 0.480. The maximum Gasteiger partial charge on any atom is 0.419 e. The van der Waals surface area contributed by atoms with E-state index in [2.05, 4.69) is 15.0 Å². The molecule has 3 aromatic heterocycles. The predicted molar refractivity (Wildman–Crippen MR) is 125 cm³/mol. The van der Waals surface area contributed by atoms with E-state index in [0.29, 0.717) is 37.2 Å². The molecule has 0 bridgehead atoms. The van der Waals surface area contributed by atoms with Crippen LogP contribution >= 0.6 is 0 Å². The van der Waals surface area contributed by atoms with E-state index in [1.165, 1.54) is 6.20 Å².